The summed E-state index contributed by atoms with van der Waals surface area (Å²) in [4.78, 5) is 39.0. The molecule has 0 atom stereocenters. The van der Waals surface area contributed by atoms with Crippen molar-refractivity contribution in [2.45, 2.75) is 0 Å². The number of nitrogens with one attached hydrogen (secondary N) is 1. The molecule has 0 spiro atoms. The summed E-state index contributed by atoms with van der Waals surface area (Å²) >= 11 is 3.35. The summed E-state index contributed by atoms with van der Waals surface area (Å²) in [7, 11) is 0. The lowest BCUT2D eigenvalue weighted by atomic mass is 9.89. The van der Waals surface area contributed by atoms with E-state index in [1.807, 2.05) is 6.07 Å². The van der Waals surface area contributed by atoms with Crippen molar-refractivity contribution < 1.29 is 14.1 Å². The van der Waals surface area contributed by atoms with Crippen LogP contribution < -0.4 is 5.56 Å². The third-order valence-corrected chi connectivity index (χ3v) is 4.11. The zero-order valence-corrected chi connectivity index (χ0v) is 13.0. The van der Waals surface area contributed by atoms with Gasteiger partial charge in [0.1, 0.15) is 17.0 Å². The molecule has 0 radical (unpaired) electrons. The molecular formula is C16H7BrN2O4. The summed E-state index contributed by atoms with van der Waals surface area (Å²) < 4.78 is 5.91. The Hall–Kier alpha value is -2.80. The van der Waals surface area contributed by atoms with E-state index in [1.165, 1.54) is 12.1 Å². The first-order valence-electron chi connectivity index (χ1n) is 6.64. The SMILES string of the molecule is O=C1c2[nH]c(=O)ccc2C(=O)c2c(-c3cccc(Br)c3)noc21. The highest BCUT2D eigenvalue weighted by Crippen LogP contribution is 2.33. The number of carbonyl (C=O) groups excluding carboxylic acids is 2. The van der Waals surface area contributed by atoms with E-state index >= 15 is 0 Å². The quantitative estimate of drug-likeness (QED) is 0.555. The van der Waals surface area contributed by atoms with Crippen molar-refractivity contribution >= 4 is 27.5 Å². The molecule has 6 nitrogen and oxygen atoms in total. The summed E-state index contributed by atoms with van der Waals surface area (Å²) in [5.74, 6) is -1.11. The lowest BCUT2D eigenvalue weighted by Crippen LogP contribution is -2.24. The molecule has 1 aliphatic rings. The van der Waals surface area contributed by atoms with Crippen LogP contribution in [0.1, 0.15) is 32.2 Å². The maximum atomic E-state index is 12.7. The van der Waals surface area contributed by atoms with Crippen molar-refractivity contribution in [3.05, 3.63) is 73.8 Å². The molecule has 4 rings (SSSR count). The van der Waals surface area contributed by atoms with Gasteiger partial charge in [-0.25, -0.2) is 0 Å². The molecule has 7 heteroatoms. The first-order valence-corrected chi connectivity index (χ1v) is 7.44. The molecule has 112 valence electrons. The number of aromatic amines is 1. The molecule has 0 amide bonds. The highest BCUT2D eigenvalue weighted by atomic mass is 79.9. The second kappa shape index (κ2) is 4.85. The number of halogens is 1. The Labute approximate surface area is 137 Å². The number of H-pyrrole nitrogens is 1. The van der Waals surface area contributed by atoms with Gasteiger partial charge >= 0.3 is 0 Å². The van der Waals surface area contributed by atoms with Crippen LogP contribution in [0.15, 0.2) is 50.2 Å². The van der Waals surface area contributed by atoms with Crippen LogP contribution in [0.3, 0.4) is 0 Å². The van der Waals surface area contributed by atoms with E-state index in [1.54, 1.807) is 18.2 Å². The molecular weight excluding hydrogens is 364 g/mol. The summed E-state index contributed by atoms with van der Waals surface area (Å²) in [5, 5.41) is 3.89. The van der Waals surface area contributed by atoms with Gasteiger partial charge in [0.15, 0.2) is 0 Å². The fourth-order valence-corrected chi connectivity index (χ4v) is 2.98. The second-order valence-corrected chi connectivity index (χ2v) is 5.93. The second-order valence-electron chi connectivity index (χ2n) is 5.02. The number of hydrogen-bond acceptors (Lipinski definition) is 5. The van der Waals surface area contributed by atoms with Crippen molar-refractivity contribution in [2.75, 3.05) is 0 Å². The van der Waals surface area contributed by atoms with E-state index in [9.17, 15) is 14.4 Å². The van der Waals surface area contributed by atoms with Crippen molar-refractivity contribution in [3.8, 4) is 11.3 Å². The van der Waals surface area contributed by atoms with Crippen LogP contribution in [-0.4, -0.2) is 21.7 Å². The zero-order valence-electron chi connectivity index (χ0n) is 11.4. The lowest BCUT2D eigenvalue weighted by Gasteiger charge is -2.12. The van der Waals surface area contributed by atoms with Crippen LogP contribution in [0.25, 0.3) is 11.3 Å². The van der Waals surface area contributed by atoms with E-state index in [0.29, 0.717) is 11.3 Å². The van der Waals surface area contributed by atoms with Gasteiger partial charge in [0, 0.05) is 16.1 Å². The molecule has 23 heavy (non-hydrogen) atoms. The standard InChI is InChI=1S/C16H7BrN2O4/c17-8-3-1-2-7(6-8)12-11-14(21)9-4-5-10(20)18-13(9)15(22)16(11)23-19-12/h1-6H,(H,18,20). The van der Waals surface area contributed by atoms with Crippen LogP contribution in [0.2, 0.25) is 0 Å². The molecule has 1 aromatic carbocycles. The Morgan fingerprint density at radius 3 is 2.65 bits per heavy atom. The third-order valence-electron chi connectivity index (χ3n) is 3.61. The minimum absolute atomic E-state index is 0.0630. The molecule has 1 aliphatic carbocycles. The Balaban J connectivity index is 1.97. The number of pyridine rings is 1. The normalized spacial score (nSPS) is 12.9. The summed E-state index contributed by atoms with van der Waals surface area (Å²) in [6.45, 7) is 0. The third kappa shape index (κ3) is 2.01. The van der Waals surface area contributed by atoms with Gasteiger partial charge in [0.2, 0.25) is 22.9 Å². The molecule has 0 bridgehead atoms. The molecule has 1 N–H and O–H groups in total. The van der Waals surface area contributed by atoms with Crippen molar-refractivity contribution in [2.24, 2.45) is 0 Å². The van der Waals surface area contributed by atoms with Gasteiger partial charge in [-0.05, 0) is 18.2 Å². The van der Waals surface area contributed by atoms with Gasteiger partial charge in [-0.2, -0.15) is 0 Å². The molecule has 2 aromatic heterocycles. The van der Waals surface area contributed by atoms with Crippen molar-refractivity contribution in [1.29, 1.82) is 0 Å². The van der Waals surface area contributed by atoms with Crippen LogP contribution in [0, 0.1) is 0 Å². The molecule has 2 heterocycles. The Morgan fingerprint density at radius 1 is 1.04 bits per heavy atom. The number of aromatic nitrogens is 2. The van der Waals surface area contributed by atoms with Gasteiger partial charge in [0.25, 0.3) is 0 Å². The number of hydrogen-bond donors (Lipinski definition) is 1. The molecule has 0 saturated heterocycles. The van der Waals surface area contributed by atoms with Gasteiger partial charge in [-0.15, -0.1) is 0 Å². The maximum Gasteiger partial charge on any atom is 0.248 e. The fraction of sp³-hybridized carbons (Fsp3) is 0. The molecule has 0 fully saturated rings. The Morgan fingerprint density at radius 2 is 1.87 bits per heavy atom. The van der Waals surface area contributed by atoms with Gasteiger partial charge in [0.05, 0.1) is 5.56 Å². The average molecular weight is 371 g/mol. The maximum absolute atomic E-state index is 12.7. The average Bonchev–Trinajstić information content (AvgIpc) is 2.98. The van der Waals surface area contributed by atoms with E-state index in [-0.39, 0.29) is 22.6 Å². The number of carbonyl (C=O) groups is 2. The highest BCUT2D eigenvalue weighted by Gasteiger charge is 2.37. The smallest absolute Gasteiger partial charge is 0.248 e. The molecule has 3 aromatic rings. The predicted molar refractivity (Wildman–Crippen MR) is 83.6 cm³/mol. The number of ketones is 2. The summed E-state index contributed by atoms with van der Waals surface area (Å²) in [6, 6.07) is 9.72. The fourth-order valence-electron chi connectivity index (χ4n) is 2.58. The predicted octanol–water partition coefficient (Wildman–Crippen LogP) is 2.57. The highest BCUT2D eigenvalue weighted by molar-refractivity contribution is 9.10. The number of rotatable bonds is 1. The van der Waals surface area contributed by atoms with Gasteiger partial charge in [-0.3, -0.25) is 14.4 Å². The van der Waals surface area contributed by atoms with E-state index in [4.69, 9.17) is 4.52 Å². The van der Waals surface area contributed by atoms with Gasteiger partial charge < -0.3 is 9.51 Å². The number of benzene rings is 1. The van der Waals surface area contributed by atoms with Crippen molar-refractivity contribution in [1.82, 2.24) is 10.1 Å². The Kier molecular flexibility index (Phi) is 2.92. The topological polar surface area (TPSA) is 93.0 Å². The molecule has 0 aliphatic heterocycles. The monoisotopic (exact) mass is 370 g/mol. The largest absolute Gasteiger partial charge is 0.351 e. The summed E-state index contributed by atoms with van der Waals surface area (Å²) in [6.07, 6.45) is 0. The van der Waals surface area contributed by atoms with Crippen LogP contribution in [0.4, 0.5) is 0 Å². The van der Waals surface area contributed by atoms with Crippen LogP contribution in [0.5, 0.6) is 0 Å². The minimum atomic E-state index is -0.555. The number of nitrogens with zero attached hydrogens (tertiary/aromatic N) is 1. The van der Waals surface area contributed by atoms with Gasteiger partial charge in [-0.1, -0.05) is 33.2 Å². The van der Waals surface area contributed by atoms with Crippen molar-refractivity contribution in [3.63, 3.8) is 0 Å². The first-order chi connectivity index (χ1) is 11.1. The van der Waals surface area contributed by atoms with E-state index in [0.717, 1.165) is 4.47 Å². The zero-order chi connectivity index (χ0) is 16.1. The van der Waals surface area contributed by atoms with Crippen LogP contribution >= 0.6 is 15.9 Å². The summed E-state index contributed by atoms with van der Waals surface area (Å²) in [5.41, 5.74) is 0.691. The van der Waals surface area contributed by atoms with Crippen LogP contribution in [-0.2, 0) is 0 Å². The number of fused-ring (bicyclic) bond motifs is 2. The minimum Gasteiger partial charge on any atom is -0.351 e. The first kappa shape index (κ1) is 13.8. The molecule has 0 saturated carbocycles. The van der Waals surface area contributed by atoms with E-state index < -0.39 is 17.1 Å². The molecule has 0 unspecified atom stereocenters. The Bertz CT molecular complexity index is 1050. The van der Waals surface area contributed by atoms with E-state index in [2.05, 4.69) is 26.1 Å². The lowest BCUT2D eigenvalue weighted by molar-refractivity contribution is 0.0950.